The van der Waals surface area contributed by atoms with Crippen molar-refractivity contribution in [2.45, 2.75) is 46.6 Å². The van der Waals surface area contributed by atoms with E-state index in [-0.39, 0.29) is 47.0 Å². The van der Waals surface area contributed by atoms with Crippen LogP contribution in [0.4, 0.5) is 22.0 Å². The number of alkyl halides is 3. The van der Waals surface area contributed by atoms with E-state index in [4.69, 9.17) is 4.74 Å². The summed E-state index contributed by atoms with van der Waals surface area (Å²) in [6.07, 6.45) is -1.53. The van der Waals surface area contributed by atoms with E-state index in [1.54, 1.807) is 20.8 Å². The van der Waals surface area contributed by atoms with Crippen LogP contribution in [0.25, 0.3) is 5.65 Å². The van der Waals surface area contributed by atoms with Crippen LogP contribution in [0.5, 0.6) is 5.75 Å². The molecule has 32 heavy (non-hydrogen) atoms. The second-order valence-electron chi connectivity index (χ2n) is 8.39. The van der Waals surface area contributed by atoms with Crippen molar-refractivity contribution in [2.24, 2.45) is 5.41 Å². The molecule has 0 saturated carbocycles. The summed E-state index contributed by atoms with van der Waals surface area (Å²) in [4.78, 5) is 17.1. The number of ketones is 1. The molecular weight excluding hydrogens is 431 g/mol. The molecule has 172 valence electrons. The first kappa shape index (κ1) is 23.7. The standard InChI is InChI=1S/C23H23F5N2O2/c1-13-20(18(31)7-8-23(2,3)12-24)30-10-14(21(27)28)9-19(22(30)29-13)32-11-15-16(25)5-4-6-17(15)26/h4-6,9-10,21H,7-8,11-12H2,1-3H3. The Hall–Kier alpha value is -2.97. The predicted molar refractivity (Wildman–Crippen MR) is 109 cm³/mol. The first-order valence-corrected chi connectivity index (χ1v) is 9.99. The Labute approximate surface area is 182 Å². The number of aromatic nitrogens is 2. The Bertz CT molecular complexity index is 1120. The first-order valence-electron chi connectivity index (χ1n) is 9.99. The molecular formula is C23H23F5N2O2. The van der Waals surface area contributed by atoms with Crippen LogP contribution in [0.2, 0.25) is 0 Å². The summed E-state index contributed by atoms with van der Waals surface area (Å²) in [7, 11) is 0. The molecule has 0 aliphatic carbocycles. The molecule has 2 aromatic heterocycles. The fraction of sp³-hybridized carbons (Fsp3) is 0.391. The van der Waals surface area contributed by atoms with Gasteiger partial charge in [0.2, 0.25) is 0 Å². The van der Waals surface area contributed by atoms with E-state index in [0.29, 0.717) is 0 Å². The van der Waals surface area contributed by atoms with Gasteiger partial charge in [0.15, 0.2) is 17.2 Å². The number of halogens is 5. The van der Waals surface area contributed by atoms with Crippen LogP contribution in [0, 0.1) is 24.0 Å². The van der Waals surface area contributed by atoms with Gasteiger partial charge in [0.25, 0.3) is 6.43 Å². The topological polar surface area (TPSA) is 43.6 Å². The fourth-order valence-electron chi connectivity index (χ4n) is 3.27. The van der Waals surface area contributed by atoms with E-state index in [2.05, 4.69) is 4.98 Å². The average molecular weight is 454 g/mol. The van der Waals surface area contributed by atoms with Crippen LogP contribution < -0.4 is 4.74 Å². The Balaban J connectivity index is 2.01. The molecule has 0 amide bonds. The fourth-order valence-corrected chi connectivity index (χ4v) is 3.27. The van der Waals surface area contributed by atoms with Crippen LogP contribution in [0.15, 0.2) is 30.5 Å². The third-order valence-corrected chi connectivity index (χ3v) is 5.22. The summed E-state index contributed by atoms with van der Waals surface area (Å²) in [6, 6.07) is 4.35. The van der Waals surface area contributed by atoms with Gasteiger partial charge in [-0.3, -0.25) is 13.6 Å². The molecule has 0 aliphatic rings. The maximum atomic E-state index is 13.9. The van der Waals surface area contributed by atoms with Crippen molar-refractivity contribution in [3.63, 3.8) is 0 Å². The van der Waals surface area contributed by atoms with Crippen LogP contribution >= 0.6 is 0 Å². The van der Waals surface area contributed by atoms with Gasteiger partial charge < -0.3 is 4.74 Å². The van der Waals surface area contributed by atoms with Crippen molar-refractivity contribution in [3.05, 3.63) is 64.6 Å². The van der Waals surface area contributed by atoms with E-state index >= 15 is 0 Å². The van der Waals surface area contributed by atoms with E-state index < -0.39 is 42.3 Å². The minimum atomic E-state index is -2.89. The molecule has 0 saturated heterocycles. The normalized spacial score (nSPS) is 12.0. The molecule has 4 nitrogen and oxygen atoms in total. The number of carbonyl (C=O) groups excluding carboxylic acids is 1. The van der Waals surface area contributed by atoms with E-state index in [0.717, 1.165) is 24.4 Å². The number of carbonyl (C=O) groups is 1. The smallest absolute Gasteiger partial charge is 0.265 e. The number of nitrogens with zero attached hydrogens (tertiary/aromatic N) is 2. The Morgan fingerprint density at radius 1 is 1.22 bits per heavy atom. The molecule has 0 fully saturated rings. The van der Waals surface area contributed by atoms with Crippen molar-refractivity contribution in [1.82, 2.24) is 9.38 Å². The van der Waals surface area contributed by atoms with Gasteiger partial charge in [-0.25, -0.2) is 22.5 Å². The van der Waals surface area contributed by atoms with Gasteiger partial charge in [0.1, 0.15) is 23.9 Å². The third-order valence-electron chi connectivity index (χ3n) is 5.22. The molecule has 0 radical (unpaired) electrons. The minimum Gasteiger partial charge on any atom is -0.485 e. The largest absolute Gasteiger partial charge is 0.485 e. The van der Waals surface area contributed by atoms with E-state index in [1.807, 2.05) is 0 Å². The molecule has 2 heterocycles. The lowest BCUT2D eigenvalue weighted by Crippen LogP contribution is -2.17. The lowest BCUT2D eigenvalue weighted by Gasteiger charge is -2.19. The highest BCUT2D eigenvalue weighted by molar-refractivity contribution is 5.96. The second-order valence-corrected chi connectivity index (χ2v) is 8.39. The van der Waals surface area contributed by atoms with Gasteiger partial charge in [-0.15, -0.1) is 0 Å². The maximum absolute atomic E-state index is 13.9. The van der Waals surface area contributed by atoms with Gasteiger partial charge in [0, 0.05) is 18.2 Å². The van der Waals surface area contributed by atoms with Crippen molar-refractivity contribution >= 4 is 11.4 Å². The maximum Gasteiger partial charge on any atom is 0.265 e. The molecule has 0 bridgehead atoms. The number of fused-ring (bicyclic) bond motifs is 1. The Kier molecular flexibility index (Phi) is 6.85. The molecule has 0 N–H and O–H groups in total. The highest BCUT2D eigenvalue weighted by Gasteiger charge is 2.25. The number of benzene rings is 1. The summed E-state index contributed by atoms with van der Waals surface area (Å²) in [5.74, 6) is -2.19. The van der Waals surface area contributed by atoms with Crippen molar-refractivity contribution in [2.75, 3.05) is 6.67 Å². The number of pyridine rings is 1. The number of Topliss-reactive ketones (excluding diaryl/α,β-unsaturated/α-hetero) is 1. The van der Waals surface area contributed by atoms with Gasteiger partial charge in [0.05, 0.1) is 17.9 Å². The summed E-state index contributed by atoms with van der Waals surface area (Å²) in [5.41, 5.74) is -1.08. The molecule has 0 atom stereocenters. The van der Waals surface area contributed by atoms with E-state index in [9.17, 15) is 26.7 Å². The number of ether oxygens (including phenoxy) is 1. The zero-order valence-corrected chi connectivity index (χ0v) is 17.9. The predicted octanol–water partition coefficient (Wildman–Crippen LogP) is 6.40. The first-order chi connectivity index (χ1) is 15.0. The quantitative estimate of drug-likeness (QED) is 0.278. The number of hydrogen-bond acceptors (Lipinski definition) is 3. The van der Waals surface area contributed by atoms with Crippen LogP contribution in [0.1, 0.15) is 60.4 Å². The molecule has 3 aromatic rings. The zero-order chi connectivity index (χ0) is 23.6. The Morgan fingerprint density at radius 3 is 2.47 bits per heavy atom. The van der Waals surface area contributed by atoms with Gasteiger partial charge in [-0.1, -0.05) is 19.9 Å². The Morgan fingerprint density at radius 2 is 1.88 bits per heavy atom. The molecule has 0 spiro atoms. The van der Waals surface area contributed by atoms with Crippen molar-refractivity contribution in [3.8, 4) is 5.75 Å². The SMILES string of the molecule is Cc1nc2c(OCc3c(F)cccc3F)cc(C(F)F)cn2c1C(=O)CCC(C)(C)CF. The molecule has 9 heteroatoms. The highest BCUT2D eigenvalue weighted by Crippen LogP contribution is 2.31. The van der Waals surface area contributed by atoms with Crippen LogP contribution in [-0.2, 0) is 6.61 Å². The molecule has 0 aliphatic heterocycles. The monoisotopic (exact) mass is 454 g/mol. The van der Waals surface area contributed by atoms with Crippen LogP contribution in [-0.4, -0.2) is 21.8 Å². The zero-order valence-electron chi connectivity index (χ0n) is 17.9. The highest BCUT2D eigenvalue weighted by atomic mass is 19.3. The molecule has 3 rings (SSSR count). The lowest BCUT2D eigenvalue weighted by atomic mass is 9.88. The van der Waals surface area contributed by atoms with Crippen molar-refractivity contribution in [1.29, 1.82) is 0 Å². The lowest BCUT2D eigenvalue weighted by molar-refractivity contribution is 0.0949. The number of imidazole rings is 1. The van der Waals surface area contributed by atoms with Gasteiger partial charge >= 0.3 is 0 Å². The minimum absolute atomic E-state index is 0.00108. The number of rotatable bonds is 9. The number of aryl methyl sites for hydroxylation is 1. The second kappa shape index (κ2) is 9.26. The number of hydrogen-bond donors (Lipinski definition) is 0. The summed E-state index contributed by atoms with van der Waals surface area (Å²) in [6.45, 7) is 3.75. The molecule has 0 unspecified atom stereocenters. The van der Waals surface area contributed by atoms with Crippen molar-refractivity contribution < 1.29 is 31.5 Å². The van der Waals surface area contributed by atoms with Gasteiger partial charge in [-0.05, 0) is 37.0 Å². The summed E-state index contributed by atoms with van der Waals surface area (Å²) < 4.78 is 74.7. The summed E-state index contributed by atoms with van der Waals surface area (Å²) in [5, 5.41) is 0. The van der Waals surface area contributed by atoms with Crippen LogP contribution in [0.3, 0.4) is 0 Å². The third kappa shape index (κ3) is 4.92. The average Bonchev–Trinajstić information content (AvgIpc) is 3.07. The summed E-state index contributed by atoms with van der Waals surface area (Å²) >= 11 is 0. The van der Waals surface area contributed by atoms with E-state index in [1.165, 1.54) is 10.5 Å². The molecule has 1 aromatic carbocycles. The van der Waals surface area contributed by atoms with Gasteiger partial charge in [-0.2, -0.15) is 0 Å².